The Balaban J connectivity index is 1.86. The molecule has 0 aliphatic carbocycles. The highest BCUT2D eigenvalue weighted by Crippen LogP contribution is 2.30. The van der Waals surface area contributed by atoms with Gasteiger partial charge in [-0.05, 0) is 18.2 Å². The van der Waals surface area contributed by atoms with Crippen molar-refractivity contribution in [2.24, 2.45) is 0 Å². The summed E-state index contributed by atoms with van der Waals surface area (Å²) < 4.78 is 5.57. The van der Waals surface area contributed by atoms with Gasteiger partial charge < -0.3 is 9.32 Å². The molecule has 1 aliphatic heterocycles. The number of hydrogen-bond donors (Lipinski definition) is 0. The standard InChI is InChI=1S/C15H16N2O3S/c1-3-14-16-12-6-10(4-5-13(12)20-14)17-8-11(7-15(17)19)21-9(2)18/h4-6,11H,3,7-8H2,1-2H3. The van der Waals surface area contributed by atoms with Crippen LogP contribution >= 0.6 is 11.8 Å². The second-order valence-corrected chi connectivity index (χ2v) is 6.53. The van der Waals surface area contributed by atoms with E-state index in [9.17, 15) is 9.59 Å². The molecule has 0 radical (unpaired) electrons. The van der Waals surface area contributed by atoms with Gasteiger partial charge in [-0.2, -0.15) is 0 Å². The molecule has 2 aromatic rings. The molecule has 6 heteroatoms. The van der Waals surface area contributed by atoms with E-state index in [1.165, 1.54) is 18.7 Å². The van der Waals surface area contributed by atoms with Gasteiger partial charge in [-0.3, -0.25) is 9.59 Å². The van der Waals surface area contributed by atoms with Gasteiger partial charge in [0.05, 0.1) is 0 Å². The second-order valence-electron chi connectivity index (χ2n) is 5.05. The Hall–Kier alpha value is -1.82. The molecular formula is C15H16N2O3S. The van der Waals surface area contributed by atoms with Gasteiger partial charge in [-0.1, -0.05) is 18.7 Å². The lowest BCUT2D eigenvalue weighted by atomic mass is 10.2. The van der Waals surface area contributed by atoms with Crippen LogP contribution in [0.4, 0.5) is 5.69 Å². The highest BCUT2D eigenvalue weighted by molar-refractivity contribution is 8.14. The number of aromatic nitrogens is 1. The largest absolute Gasteiger partial charge is 0.441 e. The average Bonchev–Trinajstić information content (AvgIpc) is 3.00. The number of thioether (sulfide) groups is 1. The minimum Gasteiger partial charge on any atom is -0.441 e. The lowest BCUT2D eigenvalue weighted by Gasteiger charge is -2.16. The van der Waals surface area contributed by atoms with E-state index in [1.54, 1.807) is 4.90 Å². The molecule has 1 aliphatic rings. The molecule has 1 amide bonds. The van der Waals surface area contributed by atoms with Crippen molar-refractivity contribution in [1.29, 1.82) is 0 Å². The Labute approximate surface area is 126 Å². The van der Waals surface area contributed by atoms with Crippen molar-refractivity contribution in [2.75, 3.05) is 11.4 Å². The fraction of sp³-hybridized carbons (Fsp3) is 0.400. The number of oxazole rings is 1. The number of fused-ring (bicyclic) bond motifs is 1. The zero-order valence-electron chi connectivity index (χ0n) is 12.0. The van der Waals surface area contributed by atoms with Crippen LogP contribution in [0.5, 0.6) is 0 Å². The first-order valence-electron chi connectivity index (χ1n) is 6.94. The van der Waals surface area contributed by atoms with Crippen molar-refractivity contribution in [2.45, 2.75) is 31.9 Å². The summed E-state index contributed by atoms with van der Waals surface area (Å²) in [6.07, 6.45) is 1.14. The molecule has 21 heavy (non-hydrogen) atoms. The quantitative estimate of drug-likeness (QED) is 0.872. The van der Waals surface area contributed by atoms with Crippen LogP contribution in [0.25, 0.3) is 11.1 Å². The molecule has 110 valence electrons. The van der Waals surface area contributed by atoms with Gasteiger partial charge in [0.1, 0.15) is 5.52 Å². The van der Waals surface area contributed by atoms with Crippen molar-refractivity contribution < 1.29 is 14.0 Å². The molecule has 0 bridgehead atoms. The van der Waals surface area contributed by atoms with E-state index in [1.807, 2.05) is 25.1 Å². The molecule has 1 fully saturated rings. The molecule has 1 unspecified atom stereocenters. The maximum absolute atomic E-state index is 12.1. The predicted octanol–water partition coefficient (Wildman–Crippen LogP) is 2.78. The molecule has 0 saturated carbocycles. The van der Waals surface area contributed by atoms with Crippen molar-refractivity contribution in [3.8, 4) is 0 Å². The number of hydrogen-bond acceptors (Lipinski definition) is 5. The van der Waals surface area contributed by atoms with Crippen LogP contribution in [0.3, 0.4) is 0 Å². The number of nitrogens with zero attached hydrogens (tertiary/aromatic N) is 2. The van der Waals surface area contributed by atoms with Gasteiger partial charge in [-0.15, -0.1) is 0 Å². The SMILES string of the molecule is CCc1nc2cc(N3CC(SC(C)=O)CC3=O)ccc2o1. The van der Waals surface area contributed by atoms with E-state index in [-0.39, 0.29) is 16.3 Å². The highest BCUT2D eigenvalue weighted by atomic mass is 32.2. The minimum absolute atomic E-state index is 0.0363. The van der Waals surface area contributed by atoms with E-state index < -0.39 is 0 Å². The third-order valence-electron chi connectivity index (χ3n) is 3.45. The summed E-state index contributed by atoms with van der Waals surface area (Å²) in [7, 11) is 0. The summed E-state index contributed by atoms with van der Waals surface area (Å²) in [4.78, 5) is 29.4. The maximum atomic E-state index is 12.1. The van der Waals surface area contributed by atoms with Crippen molar-refractivity contribution in [3.05, 3.63) is 24.1 Å². The first kappa shape index (κ1) is 14.1. The van der Waals surface area contributed by atoms with Crippen LogP contribution in [0.1, 0.15) is 26.2 Å². The Bertz CT molecular complexity index is 710. The Morgan fingerprint density at radius 3 is 3.05 bits per heavy atom. The summed E-state index contributed by atoms with van der Waals surface area (Å²) in [5.74, 6) is 0.743. The minimum atomic E-state index is 0.0363. The van der Waals surface area contributed by atoms with Crippen molar-refractivity contribution in [1.82, 2.24) is 4.98 Å². The molecule has 3 rings (SSSR count). The number of amides is 1. The summed E-state index contributed by atoms with van der Waals surface area (Å²) in [6, 6.07) is 5.58. The van der Waals surface area contributed by atoms with Crippen molar-refractivity contribution >= 4 is 39.6 Å². The van der Waals surface area contributed by atoms with E-state index in [2.05, 4.69) is 4.98 Å². The van der Waals surface area contributed by atoms with E-state index in [0.29, 0.717) is 18.9 Å². The summed E-state index contributed by atoms with van der Waals surface area (Å²) >= 11 is 1.24. The fourth-order valence-corrected chi connectivity index (χ4v) is 3.44. The number of benzene rings is 1. The molecule has 1 aromatic heterocycles. The molecule has 5 nitrogen and oxygen atoms in total. The van der Waals surface area contributed by atoms with Crippen LogP contribution in [-0.4, -0.2) is 27.8 Å². The second kappa shape index (κ2) is 5.52. The van der Waals surface area contributed by atoms with Crippen LogP contribution in [0.15, 0.2) is 22.6 Å². The monoisotopic (exact) mass is 304 g/mol. The Morgan fingerprint density at radius 2 is 2.33 bits per heavy atom. The van der Waals surface area contributed by atoms with E-state index >= 15 is 0 Å². The average molecular weight is 304 g/mol. The van der Waals surface area contributed by atoms with Gasteiger partial charge in [0.25, 0.3) is 0 Å². The molecule has 2 heterocycles. The van der Waals surface area contributed by atoms with Crippen LogP contribution in [0.2, 0.25) is 0 Å². The number of aryl methyl sites for hydroxylation is 1. The molecule has 0 N–H and O–H groups in total. The van der Waals surface area contributed by atoms with Crippen LogP contribution in [0, 0.1) is 0 Å². The van der Waals surface area contributed by atoms with Gasteiger partial charge >= 0.3 is 0 Å². The number of carbonyl (C=O) groups excluding carboxylic acids is 2. The fourth-order valence-electron chi connectivity index (χ4n) is 2.52. The zero-order valence-corrected chi connectivity index (χ0v) is 12.8. The number of anilines is 1. The normalized spacial score (nSPS) is 18.7. The molecule has 1 aromatic carbocycles. The molecule has 0 spiro atoms. The zero-order chi connectivity index (χ0) is 15.0. The number of rotatable bonds is 3. The molecule has 1 saturated heterocycles. The van der Waals surface area contributed by atoms with Gasteiger partial charge in [0, 0.05) is 37.2 Å². The lowest BCUT2D eigenvalue weighted by molar-refractivity contribution is -0.117. The third-order valence-corrected chi connectivity index (χ3v) is 4.43. The first-order chi connectivity index (χ1) is 10.1. The topological polar surface area (TPSA) is 63.4 Å². The smallest absolute Gasteiger partial charge is 0.228 e. The molecular weight excluding hydrogens is 288 g/mol. The van der Waals surface area contributed by atoms with Gasteiger partial charge in [0.2, 0.25) is 5.91 Å². The summed E-state index contributed by atoms with van der Waals surface area (Å²) in [5, 5.41) is 0.0865. The van der Waals surface area contributed by atoms with Gasteiger partial charge in [0.15, 0.2) is 16.6 Å². The first-order valence-corrected chi connectivity index (χ1v) is 7.82. The Kier molecular flexibility index (Phi) is 3.71. The third kappa shape index (κ3) is 2.81. The van der Waals surface area contributed by atoms with Crippen molar-refractivity contribution in [3.63, 3.8) is 0 Å². The number of carbonyl (C=O) groups is 2. The lowest BCUT2D eigenvalue weighted by Crippen LogP contribution is -2.24. The predicted molar refractivity (Wildman–Crippen MR) is 82.4 cm³/mol. The molecule has 1 atom stereocenters. The van der Waals surface area contributed by atoms with Crippen LogP contribution in [-0.2, 0) is 16.0 Å². The van der Waals surface area contributed by atoms with Gasteiger partial charge in [-0.25, -0.2) is 4.98 Å². The Morgan fingerprint density at radius 1 is 1.52 bits per heavy atom. The summed E-state index contributed by atoms with van der Waals surface area (Å²) in [5.41, 5.74) is 2.31. The van der Waals surface area contributed by atoms with Crippen LogP contribution < -0.4 is 4.90 Å². The maximum Gasteiger partial charge on any atom is 0.228 e. The van der Waals surface area contributed by atoms with E-state index in [0.717, 1.165) is 23.2 Å². The summed E-state index contributed by atoms with van der Waals surface area (Å²) in [6.45, 7) is 4.08. The highest BCUT2D eigenvalue weighted by Gasteiger charge is 2.32. The van der Waals surface area contributed by atoms with E-state index in [4.69, 9.17) is 4.42 Å².